The van der Waals surface area contributed by atoms with Crippen molar-refractivity contribution in [1.29, 1.82) is 0 Å². The highest BCUT2D eigenvalue weighted by Gasteiger charge is 2.13. The van der Waals surface area contributed by atoms with Crippen LogP contribution in [0.2, 0.25) is 0 Å². The Morgan fingerprint density at radius 1 is 1.44 bits per heavy atom. The largest absolute Gasteiger partial charge is 0.759 e. The summed E-state index contributed by atoms with van der Waals surface area (Å²) in [6.45, 7) is 5.06. The van der Waals surface area contributed by atoms with Gasteiger partial charge in [0.1, 0.15) is 0 Å². The first-order chi connectivity index (χ1) is 7.47. The lowest BCUT2D eigenvalue weighted by Crippen LogP contribution is -2.11. The highest BCUT2D eigenvalue weighted by atomic mass is 32.1. The molecule has 0 aromatic carbocycles. The van der Waals surface area contributed by atoms with Crippen LogP contribution < -0.4 is 0 Å². The minimum absolute atomic E-state index is 0.148. The number of carbonyl (C=O) groups excluding carboxylic acids is 2. The van der Waals surface area contributed by atoms with Gasteiger partial charge < -0.3 is 17.4 Å². The van der Waals surface area contributed by atoms with Crippen molar-refractivity contribution in [2.75, 3.05) is 6.61 Å². The van der Waals surface area contributed by atoms with E-state index in [-0.39, 0.29) is 23.0 Å². The molecule has 0 aliphatic carbocycles. The molecule has 86 valence electrons. The van der Waals surface area contributed by atoms with Gasteiger partial charge in [0.15, 0.2) is 5.78 Å². The first-order valence-corrected chi connectivity index (χ1v) is 5.25. The van der Waals surface area contributed by atoms with Gasteiger partial charge in [-0.15, -0.1) is 0 Å². The normalized spacial score (nSPS) is 9.94. The van der Waals surface area contributed by atoms with Crippen LogP contribution in [0.1, 0.15) is 40.3 Å². The fourth-order valence-electron chi connectivity index (χ4n) is 1.29. The van der Waals surface area contributed by atoms with Crippen molar-refractivity contribution >= 4 is 24.4 Å². The second-order valence-electron chi connectivity index (χ2n) is 3.25. The molecule has 4 nitrogen and oxygen atoms in total. The third-order valence-electron chi connectivity index (χ3n) is 2.05. The first-order valence-electron chi connectivity index (χ1n) is 4.84. The molecule has 0 unspecified atom stereocenters. The standard InChI is InChI=1S/C11H13NO3S/c1-4-15-11(14)9-5-8(7(3)13)6(2)12-10(9)16/h5H,4H2,1-3H3,(H,12,16)/p-1. The molecule has 1 aromatic heterocycles. The predicted molar refractivity (Wildman–Crippen MR) is 60.6 cm³/mol. The number of Topliss-reactive ketones (excluding diaryl/α,β-unsaturated/α-hetero) is 1. The maximum absolute atomic E-state index is 11.5. The van der Waals surface area contributed by atoms with Gasteiger partial charge in [-0.3, -0.25) is 9.78 Å². The molecule has 0 bridgehead atoms. The number of aromatic nitrogens is 1. The molecule has 0 saturated heterocycles. The second-order valence-corrected chi connectivity index (χ2v) is 3.64. The lowest BCUT2D eigenvalue weighted by Gasteiger charge is -2.14. The van der Waals surface area contributed by atoms with Crippen LogP contribution >= 0.6 is 0 Å². The molecule has 0 radical (unpaired) electrons. The molecule has 0 fully saturated rings. The van der Waals surface area contributed by atoms with E-state index in [0.717, 1.165) is 0 Å². The third-order valence-corrected chi connectivity index (χ3v) is 2.36. The second kappa shape index (κ2) is 5.03. The van der Waals surface area contributed by atoms with E-state index >= 15 is 0 Å². The summed E-state index contributed by atoms with van der Waals surface area (Å²) in [4.78, 5) is 26.8. The van der Waals surface area contributed by atoms with Crippen molar-refractivity contribution in [2.45, 2.75) is 25.8 Å². The molecule has 1 heterocycles. The van der Waals surface area contributed by atoms with Gasteiger partial charge in [-0.2, -0.15) is 0 Å². The minimum Gasteiger partial charge on any atom is -0.759 e. The fraction of sp³-hybridized carbons (Fsp3) is 0.364. The maximum atomic E-state index is 11.5. The summed E-state index contributed by atoms with van der Waals surface area (Å²) >= 11 is 4.95. The molecule has 16 heavy (non-hydrogen) atoms. The van der Waals surface area contributed by atoms with Crippen molar-refractivity contribution < 1.29 is 14.3 Å². The van der Waals surface area contributed by atoms with Gasteiger partial charge in [-0.25, -0.2) is 4.79 Å². The average Bonchev–Trinajstić information content (AvgIpc) is 2.17. The van der Waals surface area contributed by atoms with Crippen molar-refractivity contribution in [3.8, 4) is 0 Å². The van der Waals surface area contributed by atoms with Gasteiger partial charge in [-0.1, -0.05) is 5.03 Å². The zero-order valence-electron chi connectivity index (χ0n) is 9.36. The number of aryl methyl sites for hydroxylation is 1. The minimum atomic E-state index is -0.539. The zero-order valence-corrected chi connectivity index (χ0v) is 10.2. The number of nitrogens with zero attached hydrogens (tertiary/aromatic N) is 1. The number of esters is 1. The Morgan fingerprint density at radius 2 is 2.06 bits per heavy atom. The quantitative estimate of drug-likeness (QED) is 0.455. The molecular formula is C11H12NO3S-. The van der Waals surface area contributed by atoms with E-state index in [4.69, 9.17) is 17.4 Å². The van der Waals surface area contributed by atoms with Gasteiger partial charge >= 0.3 is 5.97 Å². The lowest BCUT2D eigenvalue weighted by molar-refractivity contribution is 0.0521. The smallest absolute Gasteiger partial charge is 0.338 e. The molecule has 0 aliphatic rings. The molecule has 5 heteroatoms. The zero-order chi connectivity index (χ0) is 12.3. The topological polar surface area (TPSA) is 56.3 Å². The molecule has 0 aliphatic heterocycles. The van der Waals surface area contributed by atoms with E-state index in [1.165, 1.54) is 13.0 Å². The number of hydrogen-bond donors (Lipinski definition) is 0. The van der Waals surface area contributed by atoms with Crippen molar-refractivity contribution in [2.24, 2.45) is 0 Å². The molecule has 0 N–H and O–H groups in total. The molecule has 1 rings (SSSR count). The summed E-state index contributed by atoms with van der Waals surface area (Å²) in [5, 5.41) is 0.168. The molecular weight excluding hydrogens is 226 g/mol. The molecule has 0 saturated carbocycles. The van der Waals surface area contributed by atoms with Gasteiger partial charge in [0, 0.05) is 11.3 Å². The average molecular weight is 238 g/mol. The fourth-order valence-corrected chi connectivity index (χ4v) is 1.57. The van der Waals surface area contributed by atoms with Gasteiger partial charge in [0.2, 0.25) is 0 Å². The SMILES string of the molecule is CCOC(=O)c1cc(C(C)=O)c(C)nc1[S-]. The van der Waals surface area contributed by atoms with Gasteiger partial charge in [0.05, 0.1) is 12.2 Å². The number of hydrogen-bond acceptors (Lipinski definition) is 5. The Bertz CT molecular complexity index is 443. The van der Waals surface area contributed by atoms with Crippen molar-refractivity contribution in [3.63, 3.8) is 0 Å². The monoisotopic (exact) mass is 238 g/mol. The molecule has 1 aromatic rings. The van der Waals surface area contributed by atoms with Crippen LogP contribution in [0.15, 0.2) is 11.1 Å². The van der Waals surface area contributed by atoms with Crippen molar-refractivity contribution in [3.05, 3.63) is 22.9 Å². The van der Waals surface area contributed by atoms with E-state index in [9.17, 15) is 9.59 Å². The van der Waals surface area contributed by atoms with Crippen LogP contribution in [0.3, 0.4) is 0 Å². The van der Waals surface area contributed by atoms with E-state index in [1.807, 2.05) is 0 Å². The Hall–Kier alpha value is -1.49. The van der Waals surface area contributed by atoms with Gasteiger partial charge in [0.25, 0.3) is 0 Å². The summed E-state index contributed by atoms with van der Waals surface area (Å²) in [5.41, 5.74) is 1.11. The number of pyridine rings is 1. The van der Waals surface area contributed by atoms with E-state index in [1.54, 1.807) is 13.8 Å². The Balaban J connectivity index is 3.24. The highest BCUT2D eigenvalue weighted by molar-refractivity contribution is 7.58. The summed E-state index contributed by atoms with van der Waals surface area (Å²) < 4.78 is 4.83. The highest BCUT2D eigenvalue weighted by Crippen LogP contribution is 2.14. The summed E-state index contributed by atoms with van der Waals surface area (Å²) in [6.07, 6.45) is 0. The number of carbonyl (C=O) groups is 2. The van der Waals surface area contributed by atoms with Crippen LogP contribution in [0.5, 0.6) is 0 Å². The molecule has 0 spiro atoms. The van der Waals surface area contributed by atoms with E-state index in [2.05, 4.69) is 4.98 Å². The summed E-state index contributed by atoms with van der Waals surface area (Å²) in [5.74, 6) is -0.687. The van der Waals surface area contributed by atoms with Crippen LogP contribution in [0.25, 0.3) is 0 Å². The summed E-state index contributed by atoms with van der Waals surface area (Å²) in [6, 6.07) is 1.45. The van der Waals surface area contributed by atoms with E-state index < -0.39 is 5.97 Å². The van der Waals surface area contributed by atoms with Crippen LogP contribution in [0, 0.1) is 6.92 Å². The summed E-state index contributed by atoms with van der Waals surface area (Å²) in [7, 11) is 0. The Morgan fingerprint density at radius 3 is 2.56 bits per heavy atom. The van der Waals surface area contributed by atoms with Crippen LogP contribution in [-0.4, -0.2) is 23.3 Å². The number of rotatable bonds is 3. The van der Waals surface area contributed by atoms with Crippen molar-refractivity contribution in [1.82, 2.24) is 4.98 Å². The predicted octanol–water partition coefficient (Wildman–Crippen LogP) is 1.68. The van der Waals surface area contributed by atoms with Gasteiger partial charge in [-0.05, 0) is 26.8 Å². The lowest BCUT2D eigenvalue weighted by atomic mass is 10.1. The molecule has 0 atom stereocenters. The Labute approximate surface area is 99.4 Å². The van der Waals surface area contributed by atoms with Crippen LogP contribution in [-0.2, 0) is 17.4 Å². The maximum Gasteiger partial charge on any atom is 0.338 e. The third kappa shape index (κ3) is 2.55. The Kier molecular flexibility index (Phi) is 3.95. The number of ketones is 1. The number of ether oxygens (including phenoxy) is 1. The molecule has 0 amide bonds. The van der Waals surface area contributed by atoms with Crippen LogP contribution in [0.4, 0.5) is 0 Å². The van der Waals surface area contributed by atoms with E-state index in [0.29, 0.717) is 11.3 Å². The first kappa shape index (κ1) is 12.6.